The molecule has 1 heterocycles. The van der Waals surface area contributed by atoms with Gasteiger partial charge in [-0.25, -0.2) is 0 Å². The molecule has 120 valence electrons. The van der Waals surface area contributed by atoms with Crippen LogP contribution in [0.15, 0.2) is 18.2 Å². The third-order valence-corrected chi connectivity index (χ3v) is 3.80. The molecule has 1 fully saturated rings. The molecule has 1 saturated heterocycles. The van der Waals surface area contributed by atoms with Crippen LogP contribution in [0.3, 0.4) is 0 Å². The standard InChI is InChI=1S/C16H23N3O3/c1-12-3-4-14(13(2)11-12)18-16(21)15(20)17-5-6-19-7-9-22-10-8-19/h3-4,11H,5-10H2,1-2H3,(H,17,20)(H,18,21)/p+1. The number of anilines is 1. The maximum absolute atomic E-state index is 11.9. The molecule has 1 aromatic carbocycles. The Morgan fingerprint density at radius 2 is 1.91 bits per heavy atom. The number of carbonyl (C=O) groups is 2. The Labute approximate surface area is 130 Å². The highest BCUT2D eigenvalue weighted by molar-refractivity contribution is 6.39. The van der Waals surface area contributed by atoms with Crippen LogP contribution in [-0.4, -0.2) is 51.2 Å². The zero-order valence-electron chi connectivity index (χ0n) is 13.2. The van der Waals surface area contributed by atoms with Crippen molar-refractivity contribution in [2.45, 2.75) is 13.8 Å². The number of nitrogens with one attached hydrogen (secondary N) is 3. The van der Waals surface area contributed by atoms with Crippen molar-refractivity contribution in [2.75, 3.05) is 44.7 Å². The van der Waals surface area contributed by atoms with Crippen molar-refractivity contribution in [3.63, 3.8) is 0 Å². The lowest BCUT2D eigenvalue weighted by atomic mass is 10.1. The Kier molecular flexibility index (Phi) is 5.91. The number of quaternary nitrogens is 1. The minimum Gasteiger partial charge on any atom is -0.370 e. The fourth-order valence-corrected chi connectivity index (χ4v) is 2.48. The molecular weight excluding hydrogens is 282 g/mol. The average molecular weight is 306 g/mol. The number of amides is 2. The summed E-state index contributed by atoms with van der Waals surface area (Å²) in [5.41, 5.74) is 2.73. The highest BCUT2D eigenvalue weighted by Gasteiger charge is 2.17. The van der Waals surface area contributed by atoms with Crippen LogP contribution in [-0.2, 0) is 14.3 Å². The zero-order valence-corrected chi connectivity index (χ0v) is 13.2. The Balaban J connectivity index is 1.75. The number of hydrogen-bond acceptors (Lipinski definition) is 3. The van der Waals surface area contributed by atoms with Gasteiger partial charge in [0, 0.05) is 5.69 Å². The molecule has 22 heavy (non-hydrogen) atoms. The largest absolute Gasteiger partial charge is 0.370 e. The first-order valence-electron chi connectivity index (χ1n) is 7.64. The number of rotatable bonds is 4. The molecule has 6 nitrogen and oxygen atoms in total. The third kappa shape index (κ3) is 4.82. The second-order valence-electron chi connectivity index (χ2n) is 5.64. The summed E-state index contributed by atoms with van der Waals surface area (Å²) in [5.74, 6) is -1.21. The first kappa shape index (κ1) is 16.5. The van der Waals surface area contributed by atoms with Gasteiger partial charge in [-0.15, -0.1) is 0 Å². The topological polar surface area (TPSA) is 71.9 Å². The third-order valence-electron chi connectivity index (χ3n) is 3.80. The van der Waals surface area contributed by atoms with Gasteiger partial charge in [-0.2, -0.15) is 0 Å². The molecule has 6 heteroatoms. The summed E-state index contributed by atoms with van der Waals surface area (Å²) >= 11 is 0. The van der Waals surface area contributed by atoms with E-state index in [1.807, 2.05) is 32.0 Å². The van der Waals surface area contributed by atoms with E-state index >= 15 is 0 Å². The van der Waals surface area contributed by atoms with Gasteiger partial charge in [-0.3, -0.25) is 9.59 Å². The summed E-state index contributed by atoms with van der Waals surface area (Å²) in [5, 5.41) is 5.32. The molecular formula is C16H24N3O3+. The summed E-state index contributed by atoms with van der Waals surface area (Å²) in [7, 11) is 0. The molecule has 0 bridgehead atoms. The SMILES string of the molecule is Cc1ccc(NC(=O)C(=O)NCC[NH+]2CCOCC2)c(C)c1. The smallest absolute Gasteiger partial charge is 0.313 e. The maximum atomic E-state index is 11.9. The van der Waals surface area contributed by atoms with E-state index in [2.05, 4.69) is 10.6 Å². The molecule has 1 aliphatic heterocycles. The number of carbonyl (C=O) groups excluding carboxylic acids is 2. The predicted octanol–water partition coefficient (Wildman–Crippen LogP) is -0.727. The Morgan fingerprint density at radius 1 is 1.18 bits per heavy atom. The quantitative estimate of drug-likeness (QED) is 0.643. The van der Waals surface area contributed by atoms with Crippen LogP contribution < -0.4 is 15.5 Å². The maximum Gasteiger partial charge on any atom is 0.313 e. The van der Waals surface area contributed by atoms with Gasteiger partial charge in [0.2, 0.25) is 0 Å². The van der Waals surface area contributed by atoms with E-state index in [1.54, 1.807) is 0 Å². The van der Waals surface area contributed by atoms with Crippen LogP contribution >= 0.6 is 0 Å². The van der Waals surface area contributed by atoms with Crippen molar-refractivity contribution >= 4 is 17.5 Å². The summed E-state index contributed by atoms with van der Waals surface area (Å²) in [6, 6.07) is 5.69. The Hall–Kier alpha value is -1.92. The van der Waals surface area contributed by atoms with E-state index in [-0.39, 0.29) is 0 Å². The van der Waals surface area contributed by atoms with Gasteiger partial charge in [0.05, 0.1) is 26.3 Å². The molecule has 0 saturated carbocycles. The lowest BCUT2D eigenvalue weighted by Crippen LogP contribution is -3.14. The number of aryl methyl sites for hydroxylation is 2. The summed E-state index contributed by atoms with van der Waals surface area (Å²) in [6.07, 6.45) is 0. The summed E-state index contributed by atoms with van der Waals surface area (Å²) in [4.78, 5) is 25.1. The minimum absolute atomic E-state index is 0.495. The fraction of sp³-hybridized carbons (Fsp3) is 0.500. The normalized spacial score (nSPS) is 15.4. The predicted molar refractivity (Wildman–Crippen MR) is 83.9 cm³/mol. The van der Waals surface area contributed by atoms with Gasteiger partial charge >= 0.3 is 11.8 Å². The van der Waals surface area contributed by atoms with Crippen LogP contribution in [0, 0.1) is 13.8 Å². The molecule has 2 amide bonds. The van der Waals surface area contributed by atoms with Gasteiger partial charge in [-0.1, -0.05) is 17.7 Å². The fourth-order valence-electron chi connectivity index (χ4n) is 2.48. The zero-order chi connectivity index (χ0) is 15.9. The van der Waals surface area contributed by atoms with E-state index < -0.39 is 11.8 Å². The first-order chi connectivity index (χ1) is 10.6. The number of benzene rings is 1. The molecule has 0 radical (unpaired) electrons. The monoisotopic (exact) mass is 306 g/mol. The van der Waals surface area contributed by atoms with E-state index in [4.69, 9.17) is 4.74 Å². The highest BCUT2D eigenvalue weighted by atomic mass is 16.5. The molecule has 1 aliphatic rings. The molecule has 2 rings (SSSR count). The van der Waals surface area contributed by atoms with Crippen LogP contribution in [0.1, 0.15) is 11.1 Å². The second-order valence-corrected chi connectivity index (χ2v) is 5.64. The number of morpholine rings is 1. The van der Waals surface area contributed by atoms with Crippen molar-refractivity contribution < 1.29 is 19.2 Å². The van der Waals surface area contributed by atoms with Crippen LogP contribution in [0.25, 0.3) is 0 Å². The van der Waals surface area contributed by atoms with Crippen molar-refractivity contribution in [2.24, 2.45) is 0 Å². The van der Waals surface area contributed by atoms with Gasteiger partial charge < -0.3 is 20.3 Å². The minimum atomic E-state index is -0.621. The van der Waals surface area contributed by atoms with E-state index in [1.165, 1.54) is 4.90 Å². The lowest BCUT2D eigenvalue weighted by Gasteiger charge is -2.23. The van der Waals surface area contributed by atoms with Crippen molar-refractivity contribution in [3.8, 4) is 0 Å². The van der Waals surface area contributed by atoms with Crippen LogP contribution in [0.5, 0.6) is 0 Å². The molecule has 0 unspecified atom stereocenters. The molecule has 3 N–H and O–H groups in total. The first-order valence-corrected chi connectivity index (χ1v) is 7.64. The lowest BCUT2D eigenvalue weighted by molar-refractivity contribution is -0.906. The molecule has 0 spiro atoms. The van der Waals surface area contributed by atoms with E-state index in [0.717, 1.165) is 44.0 Å². The molecule has 0 aromatic heterocycles. The Morgan fingerprint density at radius 3 is 2.59 bits per heavy atom. The van der Waals surface area contributed by atoms with Gasteiger partial charge in [0.1, 0.15) is 13.1 Å². The van der Waals surface area contributed by atoms with Crippen molar-refractivity contribution in [3.05, 3.63) is 29.3 Å². The van der Waals surface area contributed by atoms with Crippen molar-refractivity contribution in [1.82, 2.24) is 5.32 Å². The Bertz CT molecular complexity index is 539. The van der Waals surface area contributed by atoms with Gasteiger partial charge in [0.15, 0.2) is 0 Å². The van der Waals surface area contributed by atoms with E-state index in [9.17, 15) is 9.59 Å². The van der Waals surface area contributed by atoms with Crippen LogP contribution in [0.2, 0.25) is 0 Å². The number of hydrogen-bond donors (Lipinski definition) is 3. The number of ether oxygens (including phenoxy) is 1. The highest BCUT2D eigenvalue weighted by Crippen LogP contribution is 2.15. The van der Waals surface area contributed by atoms with Gasteiger partial charge in [0.25, 0.3) is 0 Å². The van der Waals surface area contributed by atoms with Crippen LogP contribution in [0.4, 0.5) is 5.69 Å². The average Bonchev–Trinajstić information content (AvgIpc) is 2.51. The second kappa shape index (κ2) is 7.91. The summed E-state index contributed by atoms with van der Waals surface area (Å²) in [6.45, 7) is 8.62. The molecule has 0 aliphatic carbocycles. The van der Waals surface area contributed by atoms with Crippen molar-refractivity contribution in [1.29, 1.82) is 0 Å². The summed E-state index contributed by atoms with van der Waals surface area (Å²) < 4.78 is 5.28. The van der Waals surface area contributed by atoms with Gasteiger partial charge in [-0.05, 0) is 25.5 Å². The van der Waals surface area contributed by atoms with E-state index in [0.29, 0.717) is 12.2 Å². The molecule has 1 aromatic rings. The molecule has 0 atom stereocenters.